The van der Waals surface area contributed by atoms with Crippen LogP contribution in [0.1, 0.15) is 76.3 Å². The van der Waals surface area contributed by atoms with Crippen molar-refractivity contribution in [2.45, 2.75) is 64.7 Å². The van der Waals surface area contributed by atoms with Crippen LogP contribution in [-0.2, 0) is 16.2 Å². The number of hydrogen-bond acceptors (Lipinski definition) is 0. The third kappa shape index (κ3) is 3.19. The lowest BCUT2D eigenvalue weighted by molar-refractivity contribution is 0.591. The van der Waals surface area contributed by atoms with E-state index < -0.39 is 0 Å². The maximum absolute atomic E-state index is 2.64. The molecule has 0 aromatic heterocycles. The highest BCUT2D eigenvalue weighted by atomic mass is 14.4. The summed E-state index contributed by atoms with van der Waals surface area (Å²) >= 11 is 0. The van der Waals surface area contributed by atoms with Gasteiger partial charge in [0.05, 0.1) is 0 Å². The van der Waals surface area contributed by atoms with E-state index in [9.17, 15) is 0 Å². The van der Waals surface area contributed by atoms with E-state index in [1.807, 2.05) is 0 Å². The van der Waals surface area contributed by atoms with Crippen LogP contribution < -0.4 is 16.4 Å². The van der Waals surface area contributed by atoms with Gasteiger partial charge in [-0.05, 0) is 99.3 Å². The molecule has 0 radical (unpaired) electrons. The van der Waals surface area contributed by atoms with Crippen molar-refractivity contribution in [3.63, 3.8) is 0 Å². The second-order valence-electron chi connectivity index (χ2n) is 17.2. The van der Waals surface area contributed by atoms with Crippen LogP contribution >= 0.6 is 0 Å². The Morgan fingerprint density at radius 3 is 1.33 bits per heavy atom. The lowest BCUT2D eigenvalue weighted by Gasteiger charge is -2.37. The molecule has 2 aliphatic heterocycles. The molecule has 11 rings (SSSR count). The zero-order valence-electron chi connectivity index (χ0n) is 29.5. The van der Waals surface area contributed by atoms with Crippen molar-refractivity contribution in [1.82, 2.24) is 0 Å². The molecule has 234 valence electrons. The van der Waals surface area contributed by atoms with Crippen LogP contribution in [-0.4, -0.2) is 6.71 Å². The molecule has 0 spiro atoms. The van der Waals surface area contributed by atoms with Gasteiger partial charge in [-0.1, -0.05) is 174 Å². The molecular formula is C48H39B. The number of fused-ring (bicyclic) bond motifs is 12. The SMILES string of the molecule is CC(C)(C)c1cc2c3c(c1)-c1cccc4c5c(cc(c14)B3c1cc3c(c4cccc-2c14)-c1ccccc1C3(C)C)C(C)(C)c1ccccc1-5. The van der Waals surface area contributed by atoms with E-state index in [2.05, 4.69) is 158 Å². The summed E-state index contributed by atoms with van der Waals surface area (Å²) in [5.74, 6) is 0. The van der Waals surface area contributed by atoms with E-state index in [-0.39, 0.29) is 23.0 Å². The van der Waals surface area contributed by atoms with Crippen LogP contribution in [0, 0.1) is 0 Å². The van der Waals surface area contributed by atoms with E-state index in [1.165, 1.54) is 110 Å². The number of rotatable bonds is 0. The van der Waals surface area contributed by atoms with E-state index in [4.69, 9.17) is 0 Å². The van der Waals surface area contributed by atoms with Crippen molar-refractivity contribution in [3.05, 3.63) is 137 Å². The molecule has 1 heteroatoms. The third-order valence-corrected chi connectivity index (χ3v) is 13.0. The first-order valence-electron chi connectivity index (χ1n) is 18.1. The summed E-state index contributed by atoms with van der Waals surface area (Å²) in [6, 6.07) is 42.9. The Kier molecular flexibility index (Phi) is 4.94. The van der Waals surface area contributed by atoms with E-state index in [1.54, 1.807) is 0 Å². The van der Waals surface area contributed by atoms with Gasteiger partial charge < -0.3 is 0 Å². The van der Waals surface area contributed by atoms with Crippen LogP contribution in [0.15, 0.2) is 109 Å². The predicted molar refractivity (Wildman–Crippen MR) is 211 cm³/mol. The largest absolute Gasteiger partial charge is 0.244 e. The van der Waals surface area contributed by atoms with Crippen LogP contribution in [0.4, 0.5) is 0 Å². The van der Waals surface area contributed by atoms with Gasteiger partial charge in [0.1, 0.15) is 0 Å². The van der Waals surface area contributed by atoms with Crippen molar-refractivity contribution < 1.29 is 0 Å². The molecule has 0 bridgehead atoms. The van der Waals surface area contributed by atoms with E-state index >= 15 is 0 Å². The molecule has 0 unspecified atom stereocenters. The first kappa shape index (κ1) is 28.0. The minimum atomic E-state index is -0.0741. The van der Waals surface area contributed by atoms with Gasteiger partial charge in [-0.3, -0.25) is 0 Å². The fourth-order valence-electron chi connectivity index (χ4n) is 10.6. The molecular weight excluding hydrogens is 587 g/mol. The Bertz CT molecular complexity index is 2520. The highest BCUT2D eigenvalue weighted by Crippen LogP contribution is 2.55. The van der Waals surface area contributed by atoms with Gasteiger partial charge in [-0.15, -0.1) is 0 Å². The van der Waals surface area contributed by atoms with Gasteiger partial charge in [0, 0.05) is 10.8 Å². The minimum absolute atomic E-state index is 0.0190. The number of hydrogen-bond donors (Lipinski definition) is 0. The van der Waals surface area contributed by atoms with Crippen molar-refractivity contribution in [2.24, 2.45) is 0 Å². The monoisotopic (exact) mass is 626 g/mol. The van der Waals surface area contributed by atoms with Gasteiger partial charge >= 0.3 is 0 Å². The quantitative estimate of drug-likeness (QED) is 0.147. The number of benzene rings is 7. The highest BCUT2D eigenvalue weighted by Gasteiger charge is 2.45. The van der Waals surface area contributed by atoms with Crippen LogP contribution in [0.2, 0.25) is 0 Å². The summed E-state index contributed by atoms with van der Waals surface area (Å²) in [4.78, 5) is 0. The maximum Gasteiger partial charge on any atom is 0.244 e. The molecule has 49 heavy (non-hydrogen) atoms. The molecule has 0 amide bonds. The topological polar surface area (TPSA) is 0 Å². The average molecular weight is 627 g/mol. The summed E-state index contributed by atoms with van der Waals surface area (Å²) in [5.41, 5.74) is 22.8. The normalized spacial score (nSPS) is 16.3. The third-order valence-electron chi connectivity index (χ3n) is 13.0. The van der Waals surface area contributed by atoms with Crippen molar-refractivity contribution >= 4 is 44.6 Å². The molecule has 0 atom stereocenters. The molecule has 2 aliphatic carbocycles. The summed E-state index contributed by atoms with van der Waals surface area (Å²) in [5, 5.41) is 5.69. The summed E-state index contributed by atoms with van der Waals surface area (Å²) in [6.45, 7) is 17.0. The Morgan fingerprint density at radius 2 is 0.878 bits per heavy atom. The summed E-state index contributed by atoms with van der Waals surface area (Å²) in [6.07, 6.45) is 0. The molecule has 2 heterocycles. The van der Waals surface area contributed by atoms with E-state index in [0.29, 0.717) is 0 Å². The maximum atomic E-state index is 2.64. The second kappa shape index (κ2) is 8.64. The summed E-state index contributed by atoms with van der Waals surface area (Å²) in [7, 11) is 0. The smallest absolute Gasteiger partial charge is 0.0619 e. The molecule has 0 fully saturated rings. The van der Waals surface area contributed by atoms with Crippen molar-refractivity contribution in [3.8, 4) is 44.5 Å². The minimum Gasteiger partial charge on any atom is -0.0619 e. The first-order valence-corrected chi connectivity index (χ1v) is 18.1. The lowest BCUT2D eigenvalue weighted by Crippen LogP contribution is -2.58. The molecule has 7 aromatic rings. The second-order valence-corrected chi connectivity index (χ2v) is 17.2. The highest BCUT2D eigenvalue weighted by molar-refractivity contribution is 7.01. The fourth-order valence-corrected chi connectivity index (χ4v) is 10.6. The molecule has 4 aliphatic rings. The zero-order chi connectivity index (χ0) is 33.4. The molecule has 0 saturated heterocycles. The Balaban J connectivity index is 1.35. The zero-order valence-corrected chi connectivity index (χ0v) is 29.5. The molecule has 0 saturated carbocycles. The molecule has 7 aromatic carbocycles. The predicted octanol–water partition coefficient (Wildman–Crippen LogP) is 10.4. The van der Waals surface area contributed by atoms with Gasteiger partial charge in [0.25, 0.3) is 0 Å². The Labute approximate surface area is 289 Å². The van der Waals surface area contributed by atoms with Crippen LogP contribution in [0.25, 0.3) is 66.1 Å². The van der Waals surface area contributed by atoms with Crippen molar-refractivity contribution in [1.29, 1.82) is 0 Å². The van der Waals surface area contributed by atoms with Crippen molar-refractivity contribution in [2.75, 3.05) is 0 Å². The summed E-state index contributed by atoms with van der Waals surface area (Å²) < 4.78 is 0. The Morgan fingerprint density at radius 1 is 0.449 bits per heavy atom. The molecule has 0 N–H and O–H groups in total. The van der Waals surface area contributed by atoms with E-state index in [0.717, 1.165) is 0 Å². The first-order chi connectivity index (χ1) is 23.5. The van der Waals surface area contributed by atoms with Gasteiger partial charge in [-0.2, -0.15) is 0 Å². The van der Waals surface area contributed by atoms with Gasteiger partial charge in [0.2, 0.25) is 6.71 Å². The average Bonchev–Trinajstić information content (AvgIpc) is 3.47. The lowest BCUT2D eigenvalue weighted by atomic mass is 9.30. The fraction of sp³-hybridized carbons (Fsp3) is 0.208. The van der Waals surface area contributed by atoms with Gasteiger partial charge in [0.15, 0.2) is 0 Å². The van der Waals surface area contributed by atoms with Crippen LogP contribution in [0.5, 0.6) is 0 Å². The molecule has 0 nitrogen and oxygen atoms in total. The van der Waals surface area contributed by atoms with Crippen LogP contribution in [0.3, 0.4) is 0 Å². The van der Waals surface area contributed by atoms with Gasteiger partial charge in [-0.25, -0.2) is 0 Å². The standard InChI is InChI=1S/C48H39B/c1-46(2,3)26-22-33-27-16-12-18-31-41-29-14-8-10-20-35(29)47(4,5)37(41)24-39(43(27)31)49-40-25-38-42(30-15-9-11-21-36(30)48(38,6)7)32-19-13-17-28(44(32)40)34(23-26)45(33)49/h8-25H,1-7H3. The Hall–Kier alpha value is -4.88.